The van der Waals surface area contributed by atoms with Crippen molar-refractivity contribution in [2.75, 3.05) is 20.4 Å². The quantitative estimate of drug-likeness (QED) is 0.746. The van der Waals surface area contributed by atoms with Crippen LogP contribution in [-0.2, 0) is 6.42 Å². The zero-order valence-corrected chi connectivity index (χ0v) is 15.1. The zero-order chi connectivity index (χ0) is 18.4. The molecule has 2 amide bonds. The first-order chi connectivity index (χ1) is 12.7. The highest BCUT2D eigenvalue weighted by atomic mass is 16.7. The lowest BCUT2D eigenvalue weighted by Crippen LogP contribution is -2.37. The fourth-order valence-corrected chi connectivity index (χ4v) is 2.80. The molecule has 138 valence electrons. The molecule has 0 spiro atoms. The Kier molecular flexibility index (Phi) is 5.84. The topological polar surface area (TPSA) is 68.8 Å². The van der Waals surface area contributed by atoms with E-state index in [-0.39, 0.29) is 18.9 Å². The molecule has 1 aliphatic rings. The maximum Gasteiger partial charge on any atom is 0.315 e. The molecule has 0 saturated carbocycles. The number of nitrogens with one attached hydrogen (secondary N) is 2. The van der Waals surface area contributed by atoms with E-state index >= 15 is 0 Å². The second kappa shape index (κ2) is 8.47. The molecule has 0 aliphatic carbocycles. The Hall–Kier alpha value is -2.89. The van der Waals surface area contributed by atoms with Crippen LogP contribution in [0.4, 0.5) is 4.79 Å². The Morgan fingerprint density at radius 1 is 1.15 bits per heavy atom. The van der Waals surface area contributed by atoms with E-state index in [4.69, 9.17) is 14.2 Å². The highest BCUT2D eigenvalue weighted by Crippen LogP contribution is 2.34. The highest BCUT2D eigenvalue weighted by molar-refractivity contribution is 5.74. The van der Waals surface area contributed by atoms with Gasteiger partial charge in [-0.05, 0) is 55.2 Å². The lowest BCUT2D eigenvalue weighted by molar-refractivity contribution is 0.174. The average molecular weight is 356 g/mol. The minimum absolute atomic E-state index is 0.119. The monoisotopic (exact) mass is 356 g/mol. The van der Waals surface area contributed by atoms with Gasteiger partial charge in [0.25, 0.3) is 0 Å². The number of carbonyl (C=O) groups excluding carboxylic acids is 1. The van der Waals surface area contributed by atoms with Crippen molar-refractivity contribution < 1.29 is 19.0 Å². The number of benzene rings is 2. The summed E-state index contributed by atoms with van der Waals surface area (Å²) in [5.41, 5.74) is 2.20. The predicted octanol–water partition coefficient (Wildman–Crippen LogP) is 3.42. The molecule has 1 heterocycles. The molecular formula is C20H24N2O4. The minimum atomic E-state index is -0.176. The Morgan fingerprint density at radius 2 is 1.92 bits per heavy atom. The number of methoxy groups -OCH3 is 1. The first-order valence-corrected chi connectivity index (χ1v) is 8.72. The van der Waals surface area contributed by atoms with E-state index in [1.807, 2.05) is 49.4 Å². The van der Waals surface area contributed by atoms with Gasteiger partial charge < -0.3 is 24.8 Å². The molecule has 2 aromatic carbocycles. The van der Waals surface area contributed by atoms with Gasteiger partial charge in [-0.3, -0.25) is 0 Å². The SMILES string of the molecule is COc1ccc(CCCNC(=O)NC(C)c2ccc3c(c2)OCO3)cc1. The lowest BCUT2D eigenvalue weighted by atomic mass is 10.1. The molecule has 1 aliphatic heterocycles. The lowest BCUT2D eigenvalue weighted by Gasteiger charge is -2.15. The summed E-state index contributed by atoms with van der Waals surface area (Å²) < 4.78 is 15.8. The number of carbonyl (C=O) groups is 1. The fourth-order valence-electron chi connectivity index (χ4n) is 2.80. The van der Waals surface area contributed by atoms with E-state index in [1.165, 1.54) is 5.56 Å². The van der Waals surface area contributed by atoms with E-state index in [0.29, 0.717) is 6.54 Å². The van der Waals surface area contributed by atoms with Crippen LogP contribution in [0.2, 0.25) is 0 Å². The van der Waals surface area contributed by atoms with Crippen LogP contribution < -0.4 is 24.8 Å². The van der Waals surface area contributed by atoms with Gasteiger partial charge in [0.05, 0.1) is 13.2 Å². The molecule has 0 aromatic heterocycles. The molecule has 2 aromatic rings. The fraction of sp³-hybridized carbons (Fsp3) is 0.350. The number of aryl methyl sites for hydroxylation is 1. The van der Waals surface area contributed by atoms with E-state index in [2.05, 4.69) is 10.6 Å². The van der Waals surface area contributed by atoms with Crippen LogP contribution in [0.5, 0.6) is 17.2 Å². The van der Waals surface area contributed by atoms with Crippen molar-refractivity contribution in [2.24, 2.45) is 0 Å². The van der Waals surface area contributed by atoms with Crippen LogP contribution >= 0.6 is 0 Å². The van der Waals surface area contributed by atoms with E-state index in [1.54, 1.807) is 7.11 Å². The van der Waals surface area contributed by atoms with Gasteiger partial charge in [-0.2, -0.15) is 0 Å². The van der Waals surface area contributed by atoms with E-state index in [9.17, 15) is 4.79 Å². The van der Waals surface area contributed by atoms with E-state index < -0.39 is 0 Å². The third-order valence-corrected chi connectivity index (χ3v) is 4.33. The summed E-state index contributed by atoms with van der Waals surface area (Å²) in [6.45, 7) is 2.80. The Labute approximate surface area is 153 Å². The first-order valence-electron chi connectivity index (χ1n) is 8.72. The van der Waals surface area contributed by atoms with Gasteiger partial charge in [-0.1, -0.05) is 18.2 Å². The number of hydrogen-bond acceptors (Lipinski definition) is 4. The summed E-state index contributed by atoms with van der Waals surface area (Å²) >= 11 is 0. The second-order valence-electron chi connectivity index (χ2n) is 6.19. The van der Waals surface area contributed by atoms with Crippen LogP contribution in [-0.4, -0.2) is 26.5 Å². The van der Waals surface area contributed by atoms with Gasteiger partial charge in [0.1, 0.15) is 5.75 Å². The smallest absolute Gasteiger partial charge is 0.315 e. The van der Waals surface area contributed by atoms with Gasteiger partial charge >= 0.3 is 6.03 Å². The molecule has 6 nitrogen and oxygen atoms in total. The van der Waals surface area contributed by atoms with Crippen molar-refractivity contribution >= 4 is 6.03 Å². The molecule has 6 heteroatoms. The number of rotatable bonds is 7. The molecule has 1 unspecified atom stereocenters. The van der Waals surface area contributed by atoms with Crippen LogP contribution in [0.3, 0.4) is 0 Å². The van der Waals surface area contributed by atoms with Crippen LogP contribution in [0.15, 0.2) is 42.5 Å². The first kappa shape index (κ1) is 17.9. The summed E-state index contributed by atoms with van der Waals surface area (Å²) in [6.07, 6.45) is 1.78. The standard InChI is InChI=1S/C20H24N2O4/c1-14(16-7-10-18-19(12-16)26-13-25-18)22-20(23)21-11-3-4-15-5-8-17(24-2)9-6-15/h5-10,12,14H,3-4,11,13H2,1-2H3,(H2,21,22,23). The molecule has 26 heavy (non-hydrogen) atoms. The number of hydrogen-bond donors (Lipinski definition) is 2. The van der Waals surface area contributed by atoms with Gasteiger partial charge in [0.2, 0.25) is 6.79 Å². The Balaban J connectivity index is 1.39. The van der Waals surface area contributed by atoms with Gasteiger partial charge in [-0.25, -0.2) is 4.79 Å². The molecule has 0 bridgehead atoms. The maximum atomic E-state index is 12.1. The maximum absolute atomic E-state index is 12.1. The van der Waals surface area contributed by atoms with Crippen molar-refractivity contribution in [3.05, 3.63) is 53.6 Å². The van der Waals surface area contributed by atoms with Crippen LogP contribution in [0.25, 0.3) is 0 Å². The number of ether oxygens (including phenoxy) is 3. The number of amides is 2. The van der Waals surface area contributed by atoms with Crippen molar-refractivity contribution in [3.63, 3.8) is 0 Å². The number of fused-ring (bicyclic) bond motifs is 1. The van der Waals surface area contributed by atoms with E-state index in [0.717, 1.165) is 35.7 Å². The summed E-state index contributed by atoms with van der Waals surface area (Å²) in [4.78, 5) is 12.1. The van der Waals surface area contributed by atoms with Crippen molar-refractivity contribution in [1.29, 1.82) is 0 Å². The average Bonchev–Trinajstić information content (AvgIpc) is 3.13. The molecule has 0 radical (unpaired) electrons. The summed E-state index contributed by atoms with van der Waals surface area (Å²) in [7, 11) is 1.65. The largest absolute Gasteiger partial charge is 0.497 e. The Morgan fingerprint density at radius 3 is 2.69 bits per heavy atom. The third-order valence-electron chi connectivity index (χ3n) is 4.33. The van der Waals surface area contributed by atoms with Gasteiger partial charge in [0, 0.05) is 6.54 Å². The number of urea groups is 1. The van der Waals surface area contributed by atoms with Crippen LogP contribution in [0, 0.1) is 0 Å². The third kappa shape index (κ3) is 4.59. The molecule has 0 saturated heterocycles. The van der Waals surface area contributed by atoms with Crippen molar-refractivity contribution in [3.8, 4) is 17.2 Å². The van der Waals surface area contributed by atoms with Crippen LogP contribution in [0.1, 0.15) is 30.5 Å². The molecule has 3 rings (SSSR count). The molecule has 0 fully saturated rings. The zero-order valence-electron chi connectivity index (χ0n) is 15.1. The normalized spacial score (nSPS) is 13.2. The Bertz CT molecular complexity index is 746. The molecule has 1 atom stereocenters. The molecular weight excluding hydrogens is 332 g/mol. The second-order valence-corrected chi connectivity index (χ2v) is 6.19. The highest BCUT2D eigenvalue weighted by Gasteiger charge is 2.16. The minimum Gasteiger partial charge on any atom is -0.497 e. The predicted molar refractivity (Wildman–Crippen MR) is 98.8 cm³/mol. The molecule has 2 N–H and O–H groups in total. The van der Waals surface area contributed by atoms with Crippen molar-refractivity contribution in [1.82, 2.24) is 10.6 Å². The van der Waals surface area contributed by atoms with Gasteiger partial charge in [-0.15, -0.1) is 0 Å². The summed E-state index contributed by atoms with van der Waals surface area (Å²) in [5, 5.41) is 5.84. The summed E-state index contributed by atoms with van der Waals surface area (Å²) in [5.74, 6) is 2.31. The summed E-state index contributed by atoms with van der Waals surface area (Å²) in [6, 6.07) is 13.4. The van der Waals surface area contributed by atoms with Crippen molar-refractivity contribution in [2.45, 2.75) is 25.8 Å². The van der Waals surface area contributed by atoms with Gasteiger partial charge in [0.15, 0.2) is 11.5 Å².